The smallest absolute Gasteiger partial charge is 0.220 e. The summed E-state index contributed by atoms with van der Waals surface area (Å²) in [7, 11) is 0. The lowest BCUT2D eigenvalue weighted by Crippen LogP contribution is -2.27. The number of rotatable bonds is 18. The van der Waals surface area contributed by atoms with Crippen LogP contribution in [0.5, 0.6) is 0 Å². The fourth-order valence-electron chi connectivity index (χ4n) is 4.65. The maximum absolute atomic E-state index is 12.3. The molecule has 0 saturated heterocycles. The third-order valence-corrected chi connectivity index (χ3v) is 6.42. The van der Waals surface area contributed by atoms with Crippen molar-refractivity contribution in [1.82, 2.24) is 5.32 Å². The first-order valence-corrected chi connectivity index (χ1v) is 13.2. The van der Waals surface area contributed by atoms with Gasteiger partial charge in [0.25, 0.3) is 0 Å². The second-order valence-electron chi connectivity index (χ2n) is 9.02. The number of hydrogen-bond acceptors (Lipinski definition) is 6. The Bertz CT molecular complexity index is 1230. The third kappa shape index (κ3) is 7.84. The van der Waals surface area contributed by atoms with E-state index in [1.807, 2.05) is 0 Å². The molecule has 0 saturated carbocycles. The molecule has 0 aliphatic heterocycles. The SMILES string of the molecule is NCCOCCOCCOCCOCCNC(=O)CCCc1ccc2ccc3cccc4ccc1c2c34. The van der Waals surface area contributed by atoms with Crippen LogP contribution in [-0.4, -0.2) is 71.9 Å². The Morgan fingerprint density at radius 3 is 1.92 bits per heavy atom. The molecule has 3 N–H and O–H groups in total. The average Bonchev–Trinajstić information content (AvgIpc) is 2.92. The number of hydrogen-bond donors (Lipinski definition) is 2. The molecule has 0 radical (unpaired) electrons. The van der Waals surface area contributed by atoms with Gasteiger partial charge in [0.2, 0.25) is 5.91 Å². The zero-order chi connectivity index (χ0) is 25.7. The van der Waals surface area contributed by atoms with Gasteiger partial charge in [-0.15, -0.1) is 0 Å². The maximum Gasteiger partial charge on any atom is 0.220 e. The van der Waals surface area contributed by atoms with E-state index in [-0.39, 0.29) is 5.91 Å². The highest BCUT2D eigenvalue weighted by atomic mass is 16.6. The van der Waals surface area contributed by atoms with Crippen molar-refractivity contribution in [1.29, 1.82) is 0 Å². The molecule has 0 aliphatic rings. The largest absolute Gasteiger partial charge is 0.378 e. The second-order valence-corrected chi connectivity index (χ2v) is 9.02. The van der Waals surface area contributed by atoms with Crippen LogP contribution in [0.3, 0.4) is 0 Å². The van der Waals surface area contributed by atoms with Gasteiger partial charge in [0, 0.05) is 19.5 Å². The number of aryl methyl sites for hydroxylation is 1. The molecule has 4 aromatic carbocycles. The number of amides is 1. The van der Waals surface area contributed by atoms with E-state index in [2.05, 4.69) is 59.9 Å². The average molecular weight is 507 g/mol. The Morgan fingerprint density at radius 1 is 0.676 bits per heavy atom. The van der Waals surface area contributed by atoms with Crippen molar-refractivity contribution in [2.24, 2.45) is 5.73 Å². The Morgan fingerprint density at radius 2 is 1.24 bits per heavy atom. The minimum Gasteiger partial charge on any atom is -0.378 e. The molecule has 0 spiro atoms. The van der Waals surface area contributed by atoms with E-state index in [1.165, 1.54) is 37.9 Å². The van der Waals surface area contributed by atoms with Gasteiger partial charge in [-0.1, -0.05) is 54.6 Å². The topological polar surface area (TPSA) is 92.0 Å². The van der Waals surface area contributed by atoms with Crippen LogP contribution in [0.1, 0.15) is 18.4 Å². The van der Waals surface area contributed by atoms with Gasteiger partial charge in [0.15, 0.2) is 0 Å². The molecule has 1 amide bonds. The maximum atomic E-state index is 12.3. The van der Waals surface area contributed by atoms with Gasteiger partial charge >= 0.3 is 0 Å². The predicted molar refractivity (Wildman–Crippen MR) is 148 cm³/mol. The minimum absolute atomic E-state index is 0.0603. The first kappa shape index (κ1) is 27.2. The summed E-state index contributed by atoms with van der Waals surface area (Å²) in [5.41, 5.74) is 6.64. The van der Waals surface area contributed by atoms with E-state index >= 15 is 0 Å². The fourth-order valence-corrected chi connectivity index (χ4v) is 4.65. The summed E-state index contributed by atoms with van der Waals surface area (Å²) in [5.74, 6) is 0.0603. The highest BCUT2D eigenvalue weighted by molar-refractivity contribution is 6.23. The quantitative estimate of drug-likeness (QED) is 0.156. The molecule has 0 bridgehead atoms. The van der Waals surface area contributed by atoms with Crippen molar-refractivity contribution in [2.45, 2.75) is 19.3 Å². The van der Waals surface area contributed by atoms with E-state index in [0.29, 0.717) is 72.4 Å². The summed E-state index contributed by atoms with van der Waals surface area (Å²) in [6.07, 6.45) is 2.19. The molecule has 0 aliphatic carbocycles. The summed E-state index contributed by atoms with van der Waals surface area (Å²) in [6, 6.07) is 19.7. The Kier molecular flexibility index (Phi) is 10.9. The zero-order valence-corrected chi connectivity index (χ0v) is 21.5. The lowest BCUT2D eigenvalue weighted by Gasteiger charge is -2.14. The Hall–Kier alpha value is -2.81. The molecular formula is C30H38N2O5. The van der Waals surface area contributed by atoms with Crippen LogP contribution in [0.15, 0.2) is 54.6 Å². The molecule has 198 valence electrons. The van der Waals surface area contributed by atoms with Crippen molar-refractivity contribution in [3.8, 4) is 0 Å². The van der Waals surface area contributed by atoms with Crippen LogP contribution in [0.2, 0.25) is 0 Å². The van der Waals surface area contributed by atoms with Crippen LogP contribution in [0.4, 0.5) is 0 Å². The van der Waals surface area contributed by atoms with Crippen molar-refractivity contribution in [3.63, 3.8) is 0 Å². The third-order valence-electron chi connectivity index (χ3n) is 6.42. The molecule has 37 heavy (non-hydrogen) atoms. The number of nitrogens with two attached hydrogens (primary N) is 1. The van der Waals surface area contributed by atoms with E-state index in [4.69, 9.17) is 24.7 Å². The highest BCUT2D eigenvalue weighted by Crippen LogP contribution is 2.36. The highest BCUT2D eigenvalue weighted by Gasteiger charge is 2.11. The van der Waals surface area contributed by atoms with Crippen molar-refractivity contribution >= 4 is 38.2 Å². The summed E-state index contributed by atoms with van der Waals surface area (Å²) in [6.45, 7) is 5.17. The number of ether oxygens (including phenoxy) is 4. The molecule has 0 unspecified atom stereocenters. The van der Waals surface area contributed by atoms with E-state index < -0.39 is 0 Å². The number of carbonyl (C=O) groups excluding carboxylic acids is 1. The standard InChI is InChI=1S/C30H38N2O5/c31-13-15-34-17-19-36-21-22-37-20-18-35-16-14-32-28(33)6-2-3-23-7-8-26-10-9-24-4-1-5-25-11-12-27(23)30(26)29(24)25/h1,4-5,7-12H,2-3,6,13-22,31H2,(H,32,33). The van der Waals surface area contributed by atoms with Crippen LogP contribution in [0, 0.1) is 0 Å². The summed E-state index contributed by atoms with van der Waals surface area (Å²) < 4.78 is 21.6. The van der Waals surface area contributed by atoms with Gasteiger partial charge < -0.3 is 30.0 Å². The van der Waals surface area contributed by atoms with Crippen LogP contribution < -0.4 is 11.1 Å². The summed E-state index contributed by atoms with van der Waals surface area (Å²) in [4.78, 5) is 12.3. The van der Waals surface area contributed by atoms with Crippen molar-refractivity contribution in [3.05, 3.63) is 60.2 Å². The number of nitrogens with one attached hydrogen (secondary N) is 1. The molecule has 4 rings (SSSR count). The zero-order valence-electron chi connectivity index (χ0n) is 21.5. The molecular weight excluding hydrogens is 468 g/mol. The normalized spacial score (nSPS) is 11.7. The van der Waals surface area contributed by atoms with Crippen LogP contribution in [0.25, 0.3) is 32.3 Å². The van der Waals surface area contributed by atoms with Crippen molar-refractivity contribution < 1.29 is 23.7 Å². The first-order chi connectivity index (χ1) is 18.3. The summed E-state index contributed by atoms with van der Waals surface area (Å²) in [5, 5.41) is 10.7. The van der Waals surface area contributed by atoms with Gasteiger partial charge in [0.1, 0.15) is 0 Å². The molecule has 0 fully saturated rings. The lowest BCUT2D eigenvalue weighted by molar-refractivity contribution is -0.121. The van der Waals surface area contributed by atoms with Crippen LogP contribution >= 0.6 is 0 Å². The first-order valence-electron chi connectivity index (χ1n) is 13.2. The van der Waals surface area contributed by atoms with Gasteiger partial charge in [-0.05, 0) is 50.7 Å². The molecule has 7 heteroatoms. The number of carbonyl (C=O) groups is 1. The van der Waals surface area contributed by atoms with Gasteiger partial charge in [0.05, 0.1) is 52.9 Å². The molecule has 7 nitrogen and oxygen atoms in total. The fraction of sp³-hybridized carbons (Fsp3) is 0.433. The number of benzene rings is 4. The summed E-state index contributed by atoms with van der Waals surface area (Å²) >= 11 is 0. The molecule has 4 aromatic rings. The van der Waals surface area contributed by atoms with Gasteiger partial charge in [-0.25, -0.2) is 0 Å². The lowest BCUT2D eigenvalue weighted by atomic mass is 9.90. The Balaban J connectivity index is 1.08. The predicted octanol–water partition coefficient (Wildman–Crippen LogP) is 4.05. The molecule has 0 aromatic heterocycles. The Labute approximate surface area is 218 Å². The second kappa shape index (κ2) is 14.8. The monoisotopic (exact) mass is 506 g/mol. The van der Waals surface area contributed by atoms with E-state index in [0.717, 1.165) is 12.8 Å². The van der Waals surface area contributed by atoms with Crippen molar-refractivity contribution in [2.75, 3.05) is 65.9 Å². The van der Waals surface area contributed by atoms with E-state index in [9.17, 15) is 4.79 Å². The van der Waals surface area contributed by atoms with Gasteiger partial charge in [-0.2, -0.15) is 0 Å². The van der Waals surface area contributed by atoms with Gasteiger partial charge in [-0.3, -0.25) is 4.79 Å². The van der Waals surface area contributed by atoms with Crippen LogP contribution in [-0.2, 0) is 30.2 Å². The minimum atomic E-state index is 0.0603. The van der Waals surface area contributed by atoms with E-state index in [1.54, 1.807) is 0 Å². The molecule has 0 atom stereocenters. The molecule has 0 heterocycles.